The minimum Gasteiger partial charge on any atom is -0.462 e. The van der Waals surface area contributed by atoms with E-state index < -0.39 is 5.97 Å². The standard InChI is InChI=1S/C14H18N2O4/c1-4-19-14(18)11-9-16(7-6-15(2)3)13-10(12(11)17)5-8-20-13/h5,8-9H,4,6-7H2,1-3H3. The first kappa shape index (κ1) is 14.3. The van der Waals surface area contributed by atoms with E-state index >= 15 is 0 Å². The van der Waals surface area contributed by atoms with Crippen LogP contribution in [0.5, 0.6) is 0 Å². The highest BCUT2D eigenvalue weighted by Gasteiger charge is 2.17. The van der Waals surface area contributed by atoms with Gasteiger partial charge in [-0.3, -0.25) is 4.79 Å². The number of pyridine rings is 1. The van der Waals surface area contributed by atoms with Crippen molar-refractivity contribution in [3.63, 3.8) is 0 Å². The molecule has 0 amide bonds. The second-order valence-electron chi connectivity index (χ2n) is 4.73. The molecule has 0 radical (unpaired) electrons. The van der Waals surface area contributed by atoms with Gasteiger partial charge in [0.05, 0.1) is 18.3 Å². The fourth-order valence-corrected chi connectivity index (χ4v) is 1.94. The SMILES string of the molecule is CCOC(=O)c1cn(CCN(C)C)c2occc2c1=O. The third kappa shape index (κ3) is 2.75. The predicted octanol–water partition coefficient (Wildman–Crippen LogP) is 1.33. The van der Waals surface area contributed by atoms with Gasteiger partial charge >= 0.3 is 5.97 Å². The van der Waals surface area contributed by atoms with Gasteiger partial charge in [-0.1, -0.05) is 0 Å². The molecular formula is C14H18N2O4. The van der Waals surface area contributed by atoms with E-state index in [0.29, 0.717) is 17.6 Å². The fraction of sp³-hybridized carbons (Fsp3) is 0.429. The molecule has 0 atom stereocenters. The van der Waals surface area contributed by atoms with E-state index in [1.165, 1.54) is 12.5 Å². The largest absolute Gasteiger partial charge is 0.462 e. The Morgan fingerprint density at radius 3 is 2.85 bits per heavy atom. The van der Waals surface area contributed by atoms with Crippen molar-refractivity contribution in [2.75, 3.05) is 27.2 Å². The molecule has 6 heteroatoms. The zero-order valence-electron chi connectivity index (χ0n) is 11.9. The molecule has 0 saturated carbocycles. The summed E-state index contributed by atoms with van der Waals surface area (Å²) in [6, 6.07) is 1.58. The van der Waals surface area contributed by atoms with Crippen LogP contribution in [0.2, 0.25) is 0 Å². The zero-order valence-corrected chi connectivity index (χ0v) is 11.9. The van der Waals surface area contributed by atoms with Crippen LogP contribution >= 0.6 is 0 Å². The fourth-order valence-electron chi connectivity index (χ4n) is 1.94. The number of ether oxygens (including phenoxy) is 1. The molecule has 108 valence electrons. The van der Waals surface area contributed by atoms with Crippen molar-refractivity contribution in [1.29, 1.82) is 0 Å². The lowest BCUT2D eigenvalue weighted by atomic mass is 10.2. The molecule has 0 saturated heterocycles. The molecular weight excluding hydrogens is 260 g/mol. The van der Waals surface area contributed by atoms with Crippen LogP contribution in [0, 0.1) is 0 Å². The summed E-state index contributed by atoms with van der Waals surface area (Å²) in [5.41, 5.74) is 0.165. The Hall–Kier alpha value is -2.08. The summed E-state index contributed by atoms with van der Waals surface area (Å²) >= 11 is 0. The highest BCUT2D eigenvalue weighted by molar-refractivity contribution is 5.92. The Kier molecular flexibility index (Phi) is 4.24. The Balaban J connectivity index is 2.50. The first-order chi connectivity index (χ1) is 9.54. The highest BCUT2D eigenvalue weighted by Crippen LogP contribution is 2.13. The molecule has 20 heavy (non-hydrogen) atoms. The number of aromatic nitrogens is 1. The molecule has 6 nitrogen and oxygen atoms in total. The first-order valence-electron chi connectivity index (χ1n) is 6.47. The maximum atomic E-state index is 12.2. The minimum absolute atomic E-state index is 0.0412. The van der Waals surface area contributed by atoms with Crippen molar-refractivity contribution in [3.05, 3.63) is 34.3 Å². The predicted molar refractivity (Wildman–Crippen MR) is 75.0 cm³/mol. The Labute approximate surface area is 116 Å². The molecule has 2 aromatic rings. The van der Waals surface area contributed by atoms with E-state index in [2.05, 4.69) is 0 Å². The normalized spacial score (nSPS) is 11.2. The van der Waals surface area contributed by atoms with E-state index in [-0.39, 0.29) is 17.6 Å². The van der Waals surface area contributed by atoms with Crippen LogP contribution < -0.4 is 5.43 Å². The van der Waals surface area contributed by atoms with Gasteiger partial charge in [-0.25, -0.2) is 4.79 Å². The summed E-state index contributed by atoms with van der Waals surface area (Å²) in [7, 11) is 3.90. The number of carbonyl (C=O) groups is 1. The van der Waals surface area contributed by atoms with Gasteiger partial charge in [0.2, 0.25) is 11.1 Å². The summed E-state index contributed by atoms with van der Waals surface area (Å²) in [4.78, 5) is 26.1. The molecule has 0 unspecified atom stereocenters. The van der Waals surface area contributed by atoms with E-state index in [9.17, 15) is 9.59 Å². The Morgan fingerprint density at radius 1 is 1.45 bits per heavy atom. The lowest BCUT2D eigenvalue weighted by Gasteiger charge is -2.13. The third-order valence-electron chi connectivity index (χ3n) is 2.96. The summed E-state index contributed by atoms with van der Waals surface area (Å²) in [6.45, 7) is 3.32. The van der Waals surface area contributed by atoms with Gasteiger partial charge in [0.25, 0.3) is 0 Å². The Morgan fingerprint density at radius 2 is 2.20 bits per heavy atom. The van der Waals surface area contributed by atoms with Crippen molar-refractivity contribution < 1.29 is 13.9 Å². The van der Waals surface area contributed by atoms with Crippen molar-refractivity contribution in [2.45, 2.75) is 13.5 Å². The molecule has 2 heterocycles. The minimum atomic E-state index is -0.598. The van der Waals surface area contributed by atoms with Crippen LogP contribution in [0.1, 0.15) is 17.3 Å². The molecule has 0 fully saturated rings. The van der Waals surface area contributed by atoms with Gasteiger partial charge < -0.3 is 18.6 Å². The van der Waals surface area contributed by atoms with Gasteiger partial charge in [0.15, 0.2) is 0 Å². The number of likely N-dealkylation sites (N-methyl/N-ethyl adjacent to an activating group) is 1. The number of esters is 1. The molecule has 0 bridgehead atoms. The van der Waals surface area contributed by atoms with Crippen molar-refractivity contribution in [1.82, 2.24) is 9.47 Å². The van der Waals surface area contributed by atoms with Crippen LogP contribution in [0.25, 0.3) is 11.1 Å². The average molecular weight is 278 g/mol. The number of rotatable bonds is 5. The molecule has 0 aliphatic rings. The van der Waals surface area contributed by atoms with E-state index in [1.807, 2.05) is 19.0 Å². The lowest BCUT2D eigenvalue weighted by Crippen LogP contribution is -2.23. The number of hydrogen-bond acceptors (Lipinski definition) is 5. The number of nitrogens with zero attached hydrogens (tertiary/aromatic N) is 2. The van der Waals surface area contributed by atoms with Gasteiger partial charge in [0, 0.05) is 19.3 Å². The van der Waals surface area contributed by atoms with Crippen LogP contribution in [0.4, 0.5) is 0 Å². The molecule has 2 aromatic heterocycles. The van der Waals surface area contributed by atoms with Crippen LogP contribution in [0.3, 0.4) is 0 Å². The summed E-state index contributed by atoms with van der Waals surface area (Å²) in [6.07, 6.45) is 2.96. The van der Waals surface area contributed by atoms with E-state index in [4.69, 9.17) is 9.15 Å². The van der Waals surface area contributed by atoms with E-state index in [1.54, 1.807) is 17.6 Å². The number of hydrogen-bond donors (Lipinski definition) is 0. The molecule has 0 spiro atoms. The van der Waals surface area contributed by atoms with Crippen molar-refractivity contribution in [3.8, 4) is 0 Å². The molecule has 0 aromatic carbocycles. The van der Waals surface area contributed by atoms with Crippen LogP contribution in [-0.2, 0) is 11.3 Å². The van der Waals surface area contributed by atoms with Gasteiger partial charge in [-0.2, -0.15) is 0 Å². The van der Waals surface area contributed by atoms with Gasteiger partial charge in [0.1, 0.15) is 5.56 Å². The quantitative estimate of drug-likeness (QED) is 0.772. The van der Waals surface area contributed by atoms with E-state index in [0.717, 1.165) is 6.54 Å². The maximum Gasteiger partial charge on any atom is 0.343 e. The number of carbonyl (C=O) groups excluding carboxylic acids is 1. The topological polar surface area (TPSA) is 64.7 Å². The Bertz CT molecular complexity index is 669. The first-order valence-corrected chi connectivity index (χ1v) is 6.47. The molecule has 0 N–H and O–H groups in total. The van der Waals surface area contributed by atoms with Crippen molar-refractivity contribution in [2.24, 2.45) is 0 Å². The maximum absolute atomic E-state index is 12.2. The smallest absolute Gasteiger partial charge is 0.343 e. The second-order valence-corrected chi connectivity index (χ2v) is 4.73. The second kappa shape index (κ2) is 5.92. The summed E-state index contributed by atoms with van der Waals surface area (Å²) in [5.74, 6) is -0.598. The zero-order chi connectivity index (χ0) is 14.7. The molecule has 0 aliphatic heterocycles. The third-order valence-corrected chi connectivity index (χ3v) is 2.96. The van der Waals surface area contributed by atoms with Crippen LogP contribution in [0.15, 0.2) is 27.7 Å². The number of furan rings is 1. The lowest BCUT2D eigenvalue weighted by molar-refractivity contribution is 0.0524. The monoisotopic (exact) mass is 278 g/mol. The van der Waals surface area contributed by atoms with Crippen LogP contribution in [-0.4, -0.2) is 42.7 Å². The van der Waals surface area contributed by atoms with Gasteiger partial charge in [-0.15, -0.1) is 0 Å². The highest BCUT2D eigenvalue weighted by atomic mass is 16.5. The summed E-state index contributed by atoms with van der Waals surface area (Å²) in [5, 5.41) is 0.398. The van der Waals surface area contributed by atoms with Crippen molar-refractivity contribution >= 4 is 17.1 Å². The molecule has 2 rings (SSSR count). The number of fused-ring (bicyclic) bond motifs is 1. The summed E-state index contributed by atoms with van der Waals surface area (Å²) < 4.78 is 12.0. The molecule has 0 aliphatic carbocycles. The average Bonchev–Trinajstić information content (AvgIpc) is 2.88. The van der Waals surface area contributed by atoms with Gasteiger partial charge in [-0.05, 0) is 27.1 Å².